The molecule has 158 valence electrons. The second kappa shape index (κ2) is 9.15. The molecule has 2 aromatic rings. The Balaban J connectivity index is 1.21. The molecule has 7 nitrogen and oxygen atoms in total. The van der Waals surface area contributed by atoms with Crippen LogP contribution in [0.1, 0.15) is 41.8 Å². The van der Waals surface area contributed by atoms with Crippen LogP contribution >= 0.6 is 0 Å². The molecule has 0 radical (unpaired) electrons. The molecule has 0 unspecified atom stereocenters. The molecule has 30 heavy (non-hydrogen) atoms. The summed E-state index contributed by atoms with van der Waals surface area (Å²) in [6, 6.07) is 11.4. The van der Waals surface area contributed by atoms with Crippen LogP contribution in [0, 0.1) is 5.92 Å². The Morgan fingerprint density at radius 2 is 1.83 bits per heavy atom. The lowest BCUT2D eigenvalue weighted by Crippen LogP contribution is -2.43. The molecule has 0 bridgehead atoms. The molecular weight excluding hydrogens is 382 g/mol. The molecule has 2 aliphatic rings. The average Bonchev–Trinajstić information content (AvgIpc) is 3.33. The molecule has 1 N–H and O–H groups in total. The zero-order valence-electron chi connectivity index (χ0n) is 17.0. The Kier molecular flexibility index (Phi) is 6.16. The molecule has 1 saturated heterocycles. The van der Waals surface area contributed by atoms with Crippen LogP contribution in [-0.4, -0.2) is 48.8 Å². The standard InChI is InChI=1S/C23H27N3O4/c27-21(26-13-3-6-17-5-1-2-7-19(17)26)9-12-24-22(28)18-10-14-25(15-11-18)23(29)20-8-4-16-30-20/h1-2,4-5,7-8,16,18H,3,6,9-15H2,(H,24,28). The number of amides is 3. The van der Waals surface area contributed by atoms with E-state index in [1.807, 2.05) is 23.1 Å². The van der Waals surface area contributed by atoms with Gasteiger partial charge in [0, 0.05) is 44.2 Å². The highest BCUT2D eigenvalue weighted by Gasteiger charge is 2.29. The molecule has 3 amide bonds. The van der Waals surface area contributed by atoms with Gasteiger partial charge in [0.05, 0.1) is 6.26 Å². The maximum absolute atomic E-state index is 12.7. The molecule has 0 spiro atoms. The van der Waals surface area contributed by atoms with E-state index in [-0.39, 0.29) is 30.1 Å². The number of carbonyl (C=O) groups is 3. The molecule has 7 heteroatoms. The van der Waals surface area contributed by atoms with Gasteiger partial charge < -0.3 is 19.5 Å². The number of nitrogens with one attached hydrogen (secondary N) is 1. The number of hydrogen-bond donors (Lipinski definition) is 1. The summed E-state index contributed by atoms with van der Waals surface area (Å²) in [5.41, 5.74) is 2.20. The highest BCUT2D eigenvalue weighted by atomic mass is 16.3. The van der Waals surface area contributed by atoms with Crippen LogP contribution < -0.4 is 10.2 Å². The summed E-state index contributed by atoms with van der Waals surface area (Å²) in [4.78, 5) is 41.0. The first-order chi connectivity index (χ1) is 14.6. The first-order valence-corrected chi connectivity index (χ1v) is 10.6. The second-order valence-corrected chi connectivity index (χ2v) is 7.86. The van der Waals surface area contributed by atoms with E-state index >= 15 is 0 Å². The quantitative estimate of drug-likeness (QED) is 0.823. The minimum Gasteiger partial charge on any atom is -0.459 e. The maximum atomic E-state index is 12.7. The van der Waals surface area contributed by atoms with E-state index in [1.165, 1.54) is 11.8 Å². The van der Waals surface area contributed by atoms with Crippen LogP contribution in [0.5, 0.6) is 0 Å². The fourth-order valence-corrected chi connectivity index (χ4v) is 4.27. The molecule has 2 aliphatic heterocycles. The van der Waals surface area contributed by atoms with Gasteiger partial charge in [0.2, 0.25) is 11.8 Å². The molecule has 1 fully saturated rings. The van der Waals surface area contributed by atoms with Crippen molar-refractivity contribution in [3.05, 3.63) is 54.0 Å². The molecule has 1 aromatic heterocycles. The van der Waals surface area contributed by atoms with Crippen molar-refractivity contribution in [1.29, 1.82) is 0 Å². The van der Waals surface area contributed by atoms with Crippen LogP contribution in [0.2, 0.25) is 0 Å². The lowest BCUT2D eigenvalue weighted by Gasteiger charge is -2.31. The van der Waals surface area contributed by atoms with Crippen LogP contribution in [0.25, 0.3) is 0 Å². The number of anilines is 1. The highest BCUT2D eigenvalue weighted by molar-refractivity contribution is 5.95. The number of likely N-dealkylation sites (tertiary alicyclic amines) is 1. The van der Waals surface area contributed by atoms with Crippen LogP contribution in [0.3, 0.4) is 0 Å². The van der Waals surface area contributed by atoms with E-state index in [0.717, 1.165) is 25.1 Å². The highest BCUT2D eigenvalue weighted by Crippen LogP contribution is 2.27. The van der Waals surface area contributed by atoms with E-state index in [9.17, 15) is 14.4 Å². The third-order valence-corrected chi connectivity index (χ3v) is 5.93. The molecule has 0 aliphatic carbocycles. The molecule has 0 saturated carbocycles. The van der Waals surface area contributed by atoms with E-state index in [1.54, 1.807) is 17.0 Å². The van der Waals surface area contributed by atoms with Gasteiger partial charge in [-0.25, -0.2) is 0 Å². The fraction of sp³-hybridized carbons (Fsp3) is 0.435. The van der Waals surface area contributed by atoms with Gasteiger partial charge in [0.25, 0.3) is 5.91 Å². The van der Waals surface area contributed by atoms with Crippen molar-refractivity contribution in [3.63, 3.8) is 0 Å². The number of para-hydroxylation sites is 1. The Hall–Kier alpha value is -3.09. The van der Waals surface area contributed by atoms with Gasteiger partial charge in [-0.15, -0.1) is 0 Å². The van der Waals surface area contributed by atoms with Crippen molar-refractivity contribution >= 4 is 23.4 Å². The predicted molar refractivity (Wildman–Crippen MR) is 112 cm³/mol. The summed E-state index contributed by atoms with van der Waals surface area (Å²) >= 11 is 0. The second-order valence-electron chi connectivity index (χ2n) is 7.86. The number of benzene rings is 1. The number of nitrogens with zero attached hydrogens (tertiary/aromatic N) is 2. The van der Waals surface area contributed by atoms with Crippen molar-refractivity contribution in [2.24, 2.45) is 5.92 Å². The Morgan fingerprint density at radius 1 is 1.03 bits per heavy atom. The van der Waals surface area contributed by atoms with Gasteiger partial charge >= 0.3 is 0 Å². The SMILES string of the molecule is O=C(NCCC(=O)N1CCCc2ccccc21)C1CCN(C(=O)c2ccco2)CC1. The van der Waals surface area contributed by atoms with Crippen molar-refractivity contribution < 1.29 is 18.8 Å². The van der Waals surface area contributed by atoms with Gasteiger partial charge in [0.15, 0.2) is 5.76 Å². The van der Waals surface area contributed by atoms with Crippen LogP contribution in [0.4, 0.5) is 5.69 Å². The van der Waals surface area contributed by atoms with E-state index < -0.39 is 0 Å². The van der Waals surface area contributed by atoms with E-state index in [2.05, 4.69) is 11.4 Å². The smallest absolute Gasteiger partial charge is 0.289 e. The molecule has 1 aromatic carbocycles. The number of carbonyl (C=O) groups excluding carboxylic acids is 3. The molecule has 4 rings (SSSR count). The Bertz CT molecular complexity index is 901. The number of aryl methyl sites for hydroxylation is 1. The van der Waals surface area contributed by atoms with Gasteiger partial charge in [-0.05, 0) is 49.4 Å². The lowest BCUT2D eigenvalue weighted by atomic mass is 9.95. The van der Waals surface area contributed by atoms with Crippen molar-refractivity contribution in [2.75, 3.05) is 31.1 Å². The first-order valence-electron chi connectivity index (χ1n) is 10.6. The summed E-state index contributed by atoms with van der Waals surface area (Å²) in [5.74, 6) is 0.0756. The summed E-state index contributed by atoms with van der Waals surface area (Å²) in [6.07, 6.45) is 4.97. The van der Waals surface area contributed by atoms with E-state index in [0.29, 0.717) is 38.2 Å². The van der Waals surface area contributed by atoms with Crippen molar-refractivity contribution in [2.45, 2.75) is 32.1 Å². The Labute approximate surface area is 176 Å². The maximum Gasteiger partial charge on any atom is 0.289 e. The third-order valence-electron chi connectivity index (χ3n) is 5.93. The summed E-state index contributed by atoms with van der Waals surface area (Å²) in [7, 11) is 0. The first kappa shape index (κ1) is 20.2. The predicted octanol–water partition coefficient (Wildman–Crippen LogP) is 2.62. The number of piperidine rings is 1. The molecular formula is C23H27N3O4. The number of fused-ring (bicyclic) bond motifs is 1. The molecule has 3 heterocycles. The topological polar surface area (TPSA) is 82.9 Å². The normalized spacial score (nSPS) is 16.8. The van der Waals surface area contributed by atoms with Gasteiger partial charge in [-0.2, -0.15) is 0 Å². The van der Waals surface area contributed by atoms with Gasteiger partial charge in [-0.1, -0.05) is 18.2 Å². The minimum atomic E-state index is -0.133. The largest absolute Gasteiger partial charge is 0.459 e. The van der Waals surface area contributed by atoms with Crippen LogP contribution in [-0.2, 0) is 16.0 Å². The third kappa shape index (κ3) is 4.40. The summed E-state index contributed by atoms with van der Waals surface area (Å²) in [5, 5.41) is 2.91. The van der Waals surface area contributed by atoms with Crippen LogP contribution in [0.15, 0.2) is 47.1 Å². The minimum absolute atomic E-state index is 0.0352. The van der Waals surface area contributed by atoms with Crippen molar-refractivity contribution in [1.82, 2.24) is 10.2 Å². The Morgan fingerprint density at radius 3 is 2.60 bits per heavy atom. The monoisotopic (exact) mass is 409 g/mol. The zero-order chi connectivity index (χ0) is 20.9. The lowest BCUT2D eigenvalue weighted by molar-refractivity contribution is -0.126. The summed E-state index contributed by atoms with van der Waals surface area (Å²) in [6.45, 7) is 2.12. The average molecular weight is 409 g/mol. The fourth-order valence-electron chi connectivity index (χ4n) is 4.27. The number of furan rings is 1. The molecule has 0 atom stereocenters. The zero-order valence-corrected chi connectivity index (χ0v) is 17.0. The number of hydrogen-bond acceptors (Lipinski definition) is 4. The van der Waals surface area contributed by atoms with Gasteiger partial charge in [-0.3, -0.25) is 14.4 Å². The van der Waals surface area contributed by atoms with Crippen molar-refractivity contribution in [3.8, 4) is 0 Å². The van der Waals surface area contributed by atoms with Gasteiger partial charge in [0.1, 0.15) is 0 Å². The van der Waals surface area contributed by atoms with E-state index in [4.69, 9.17) is 4.42 Å². The number of rotatable bonds is 5. The summed E-state index contributed by atoms with van der Waals surface area (Å²) < 4.78 is 5.16.